The maximum absolute atomic E-state index is 12.6. The number of hydrogen-bond donors (Lipinski definition) is 1. The Labute approximate surface area is 115 Å². The van der Waals surface area contributed by atoms with Gasteiger partial charge < -0.3 is 4.98 Å². The van der Waals surface area contributed by atoms with Crippen LogP contribution in [0, 0.1) is 0 Å². The molecule has 0 saturated heterocycles. The van der Waals surface area contributed by atoms with Gasteiger partial charge in [-0.15, -0.1) is 0 Å². The highest BCUT2D eigenvalue weighted by Crippen LogP contribution is 2.32. The molecule has 2 aromatic rings. The van der Waals surface area contributed by atoms with Crippen molar-refractivity contribution in [2.24, 2.45) is 0 Å². The van der Waals surface area contributed by atoms with Crippen LogP contribution in [0.5, 0.6) is 0 Å². The van der Waals surface area contributed by atoms with E-state index < -0.39 is 17.3 Å². The quantitative estimate of drug-likeness (QED) is 0.834. The molecule has 7 heteroatoms. The number of H-pyrrole nitrogens is 1. The van der Waals surface area contributed by atoms with Gasteiger partial charge in [0.25, 0.3) is 5.56 Å². The van der Waals surface area contributed by atoms with Gasteiger partial charge >= 0.3 is 6.18 Å². The Morgan fingerprint density at radius 3 is 2.32 bits per heavy atom. The van der Waals surface area contributed by atoms with Gasteiger partial charge in [-0.3, -0.25) is 4.79 Å². The molecule has 0 saturated carbocycles. The molecule has 0 spiro atoms. The second kappa shape index (κ2) is 4.90. The highest BCUT2D eigenvalue weighted by Gasteiger charge is 2.31. The molecule has 0 aliphatic carbocycles. The molecule has 0 aliphatic rings. The third-order valence-electron chi connectivity index (χ3n) is 2.46. The lowest BCUT2D eigenvalue weighted by Crippen LogP contribution is -2.14. The van der Waals surface area contributed by atoms with E-state index in [4.69, 9.17) is 23.2 Å². The standard InChI is InChI=1S/C12H6Cl2F3NO/c13-9-2-1-6(3-10(9)14)8-4-7(12(15,16)17)5-18-11(8)19/h1-5H,(H,18,19). The van der Waals surface area contributed by atoms with E-state index in [1.165, 1.54) is 18.2 Å². The molecular weight excluding hydrogens is 302 g/mol. The van der Waals surface area contributed by atoms with Crippen LogP contribution in [0.3, 0.4) is 0 Å². The van der Waals surface area contributed by atoms with Gasteiger partial charge in [-0.25, -0.2) is 0 Å². The predicted molar refractivity (Wildman–Crippen MR) is 67.5 cm³/mol. The summed E-state index contributed by atoms with van der Waals surface area (Å²) in [5.74, 6) is 0. The van der Waals surface area contributed by atoms with Crippen molar-refractivity contribution in [3.8, 4) is 11.1 Å². The van der Waals surface area contributed by atoms with E-state index in [1.807, 2.05) is 0 Å². The minimum Gasteiger partial charge on any atom is -0.328 e. The van der Waals surface area contributed by atoms with E-state index in [1.54, 1.807) is 0 Å². The molecule has 0 amide bonds. The average Bonchev–Trinajstić information content (AvgIpc) is 2.32. The van der Waals surface area contributed by atoms with E-state index in [0.717, 1.165) is 6.07 Å². The second-order valence-electron chi connectivity index (χ2n) is 3.76. The van der Waals surface area contributed by atoms with Crippen LogP contribution in [-0.2, 0) is 6.18 Å². The number of nitrogens with one attached hydrogen (secondary N) is 1. The fraction of sp³-hybridized carbons (Fsp3) is 0.0833. The van der Waals surface area contributed by atoms with Gasteiger partial charge in [0, 0.05) is 11.8 Å². The number of alkyl halides is 3. The van der Waals surface area contributed by atoms with Gasteiger partial charge in [-0.1, -0.05) is 29.3 Å². The van der Waals surface area contributed by atoms with Crippen LogP contribution in [-0.4, -0.2) is 4.98 Å². The first-order valence-electron chi connectivity index (χ1n) is 5.04. The molecule has 19 heavy (non-hydrogen) atoms. The molecule has 0 bridgehead atoms. The topological polar surface area (TPSA) is 32.9 Å². The zero-order valence-corrected chi connectivity index (χ0v) is 10.7. The molecule has 0 unspecified atom stereocenters. The third kappa shape index (κ3) is 2.93. The van der Waals surface area contributed by atoms with E-state index in [2.05, 4.69) is 4.98 Å². The summed E-state index contributed by atoms with van der Waals surface area (Å²) in [6.45, 7) is 0. The minimum absolute atomic E-state index is 0.117. The fourth-order valence-electron chi connectivity index (χ4n) is 1.53. The summed E-state index contributed by atoms with van der Waals surface area (Å²) in [6.07, 6.45) is -3.90. The van der Waals surface area contributed by atoms with Crippen LogP contribution < -0.4 is 5.56 Å². The summed E-state index contributed by atoms with van der Waals surface area (Å²) in [5, 5.41) is 0.421. The van der Waals surface area contributed by atoms with E-state index >= 15 is 0 Å². The molecule has 1 aromatic heterocycles. The van der Waals surface area contributed by atoms with E-state index in [-0.39, 0.29) is 21.2 Å². The van der Waals surface area contributed by atoms with Crippen molar-refractivity contribution in [3.05, 3.63) is 56.4 Å². The maximum Gasteiger partial charge on any atom is 0.417 e. The van der Waals surface area contributed by atoms with Gasteiger partial charge in [0.15, 0.2) is 0 Å². The van der Waals surface area contributed by atoms with Crippen molar-refractivity contribution in [2.45, 2.75) is 6.18 Å². The summed E-state index contributed by atoms with van der Waals surface area (Å²) in [4.78, 5) is 13.7. The average molecular weight is 308 g/mol. The lowest BCUT2D eigenvalue weighted by atomic mass is 10.1. The molecule has 2 rings (SSSR count). The minimum atomic E-state index is -4.53. The highest BCUT2D eigenvalue weighted by molar-refractivity contribution is 6.42. The number of halogens is 5. The monoisotopic (exact) mass is 307 g/mol. The molecule has 0 atom stereocenters. The first kappa shape index (κ1) is 14.0. The normalized spacial score (nSPS) is 11.6. The Bertz CT molecular complexity index is 679. The summed E-state index contributed by atoms with van der Waals surface area (Å²) < 4.78 is 37.8. The number of hydrogen-bond acceptors (Lipinski definition) is 1. The lowest BCUT2D eigenvalue weighted by molar-refractivity contribution is -0.137. The Morgan fingerprint density at radius 2 is 1.74 bits per heavy atom. The van der Waals surface area contributed by atoms with Crippen molar-refractivity contribution in [1.29, 1.82) is 0 Å². The Morgan fingerprint density at radius 1 is 1.05 bits per heavy atom. The van der Waals surface area contributed by atoms with Crippen LogP contribution in [0.1, 0.15) is 5.56 Å². The van der Waals surface area contributed by atoms with Gasteiger partial charge in [0.1, 0.15) is 0 Å². The maximum atomic E-state index is 12.6. The fourth-order valence-corrected chi connectivity index (χ4v) is 1.82. The first-order valence-corrected chi connectivity index (χ1v) is 5.80. The molecule has 2 nitrogen and oxygen atoms in total. The van der Waals surface area contributed by atoms with Gasteiger partial charge in [-0.2, -0.15) is 13.2 Å². The zero-order valence-electron chi connectivity index (χ0n) is 9.18. The first-order chi connectivity index (χ1) is 8.79. The Balaban J connectivity index is 2.61. The van der Waals surface area contributed by atoms with Crippen molar-refractivity contribution in [1.82, 2.24) is 4.98 Å². The molecule has 1 aromatic carbocycles. The van der Waals surface area contributed by atoms with Gasteiger partial charge in [0.05, 0.1) is 15.6 Å². The van der Waals surface area contributed by atoms with Crippen molar-refractivity contribution < 1.29 is 13.2 Å². The molecule has 0 fully saturated rings. The van der Waals surface area contributed by atoms with Crippen LogP contribution in [0.4, 0.5) is 13.2 Å². The van der Waals surface area contributed by atoms with Crippen molar-refractivity contribution in [2.75, 3.05) is 0 Å². The summed E-state index contributed by atoms with van der Waals surface area (Å²) in [6, 6.07) is 4.96. The molecule has 1 N–H and O–H groups in total. The largest absolute Gasteiger partial charge is 0.417 e. The summed E-state index contributed by atoms with van der Waals surface area (Å²) in [5.41, 5.74) is -1.42. The Hall–Kier alpha value is -1.46. The molecule has 0 radical (unpaired) electrons. The third-order valence-corrected chi connectivity index (χ3v) is 3.20. The number of rotatable bonds is 1. The molecule has 100 valence electrons. The highest BCUT2D eigenvalue weighted by atomic mass is 35.5. The number of aromatic nitrogens is 1. The van der Waals surface area contributed by atoms with Crippen molar-refractivity contribution >= 4 is 23.2 Å². The van der Waals surface area contributed by atoms with Crippen LogP contribution in [0.25, 0.3) is 11.1 Å². The van der Waals surface area contributed by atoms with Gasteiger partial charge in [0.2, 0.25) is 0 Å². The van der Waals surface area contributed by atoms with Crippen LogP contribution >= 0.6 is 23.2 Å². The zero-order chi connectivity index (χ0) is 14.2. The SMILES string of the molecule is O=c1[nH]cc(C(F)(F)F)cc1-c1ccc(Cl)c(Cl)c1. The number of pyridine rings is 1. The van der Waals surface area contributed by atoms with Crippen LogP contribution in [0.2, 0.25) is 10.0 Å². The number of benzene rings is 1. The molecule has 1 heterocycles. The van der Waals surface area contributed by atoms with E-state index in [0.29, 0.717) is 6.20 Å². The van der Waals surface area contributed by atoms with Crippen LogP contribution in [0.15, 0.2) is 35.3 Å². The number of aromatic amines is 1. The predicted octanol–water partition coefficient (Wildman–Crippen LogP) is 4.37. The summed E-state index contributed by atoms with van der Waals surface area (Å²) in [7, 11) is 0. The van der Waals surface area contributed by atoms with Crippen molar-refractivity contribution in [3.63, 3.8) is 0 Å². The second-order valence-corrected chi connectivity index (χ2v) is 4.57. The Kier molecular flexibility index (Phi) is 3.60. The smallest absolute Gasteiger partial charge is 0.328 e. The lowest BCUT2D eigenvalue weighted by Gasteiger charge is -2.08. The van der Waals surface area contributed by atoms with Gasteiger partial charge in [-0.05, 0) is 23.8 Å². The van der Waals surface area contributed by atoms with E-state index in [9.17, 15) is 18.0 Å². The summed E-state index contributed by atoms with van der Waals surface area (Å²) >= 11 is 11.5. The molecular formula is C12H6Cl2F3NO. The molecule has 0 aliphatic heterocycles.